The molecule has 0 aromatic rings. The topological polar surface area (TPSA) is 26.0 Å². The molecule has 0 bridgehead atoms. The van der Waals surface area contributed by atoms with E-state index < -0.39 is 0 Å². The van der Waals surface area contributed by atoms with Crippen LogP contribution >= 0.6 is 0 Å². The van der Waals surface area contributed by atoms with E-state index >= 15 is 0 Å². The molecule has 18 heavy (non-hydrogen) atoms. The third-order valence-electron chi connectivity index (χ3n) is 5.74. The standard InChI is InChI=1S/C17H33N/c1-13-8-7-9-14(12-13)17(18)11-6-5-10-15(17)16(2,3)4/h13-15H,5-12,18H2,1-4H3. The van der Waals surface area contributed by atoms with Gasteiger partial charge in [0.25, 0.3) is 0 Å². The zero-order valence-electron chi connectivity index (χ0n) is 13.0. The van der Waals surface area contributed by atoms with Crippen LogP contribution in [0.15, 0.2) is 0 Å². The molecule has 0 heterocycles. The lowest BCUT2D eigenvalue weighted by molar-refractivity contribution is 0.0145. The Morgan fingerprint density at radius 3 is 2.33 bits per heavy atom. The zero-order valence-corrected chi connectivity index (χ0v) is 13.0. The second-order valence-electron chi connectivity index (χ2n) is 8.25. The van der Waals surface area contributed by atoms with Crippen LogP contribution in [0, 0.1) is 23.2 Å². The van der Waals surface area contributed by atoms with Crippen molar-refractivity contribution in [3.63, 3.8) is 0 Å². The van der Waals surface area contributed by atoms with Crippen molar-refractivity contribution >= 4 is 0 Å². The van der Waals surface area contributed by atoms with Gasteiger partial charge in [0.05, 0.1) is 0 Å². The highest BCUT2D eigenvalue weighted by molar-refractivity contribution is 5.04. The Hall–Kier alpha value is -0.0400. The van der Waals surface area contributed by atoms with E-state index in [1.54, 1.807) is 0 Å². The van der Waals surface area contributed by atoms with Gasteiger partial charge in [0.2, 0.25) is 0 Å². The molecular formula is C17H33N. The molecular weight excluding hydrogens is 218 g/mol. The fourth-order valence-corrected chi connectivity index (χ4v) is 4.87. The average molecular weight is 251 g/mol. The fraction of sp³-hybridized carbons (Fsp3) is 1.00. The highest BCUT2D eigenvalue weighted by Gasteiger charge is 2.48. The molecule has 0 saturated heterocycles. The zero-order chi connectivity index (χ0) is 13.4. The summed E-state index contributed by atoms with van der Waals surface area (Å²) in [6.07, 6.45) is 11.0. The van der Waals surface area contributed by atoms with Crippen molar-refractivity contribution in [1.82, 2.24) is 0 Å². The van der Waals surface area contributed by atoms with Gasteiger partial charge in [0.15, 0.2) is 0 Å². The summed E-state index contributed by atoms with van der Waals surface area (Å²) < 4.78 is 0. The summed E-state index contributed by atoms with van der Waals surface area (Å²) in [5.74, 6) is 2.39. The van der Waals surface area contributed by atoms with Crippen LogP contribution in [0.4, 0.5) is 0 Å². The monoisotopic (exact) mass is 251 g/mol. The van der Waals surface area contributed by atoms with Gasteiger partial charge in [-0.25, -0.2) is 0 Å². The predicted molar refractivity (Wildman–Crippen MR) is 79.5 cm³/mol. The minimum atomic E-state index is 0.130. The summed E-state index contributed by atoms with van der Waals surface area (Å²) in [5.41, 5.74) is 7.53. The number of hydrogen-bond acceptors (Lipinski definition) is 1. The van der Waals surface area contributed by atoms with E-state index in [0.29, 0.717) is 11.3 Å². The minimum absolute atomic E-state index is 0.130. The Kier molecular flexibility index (Phi) is 4.11. The molecule has 4 atom stereocenters. The van der Waals surface area contributed by atoms with Gasteiger partial charge in [-0.3, -0.25) is 0 Å². The maximum atomic E-state index is 7.03. The molecule has 0 aliphatic heterocycles. The SMILES string of the molecule is CC1CCCC(C2(N)CCCCC2C(C)(C)C)C1. The highest BCUT2D eigenvalue weighted by Crippen LogP contribution is 2.50. The summed E-state index contributed by atoms with van der Waals surface area (Å²) >= 11 is 0. The summed E-state index contributed by atoms with van der Waals surface area (Å²) in [7, 11) is 0. The lowest BCUT2D eigenvalue weighted by Gasteiger charge is -2.53. The molecule has 2 fully saturated rings. The van der Waals surface area contributed by atoms with Crippen LogP contribution in [0.1, 0.15) is 79.1 Å². The van der Waals surface area contributed by atoms with Gasteiger partial charge in [-0.2, -0.15) is 0 Å². The Morgan fingerprint density at radius 2 is 1.72 bits per heavy atom. The Labute approximate surface area is 114 Å². The van der Waals surface area contributed by atoms with Crippen LogP contribution in [0.2, 0.25) is 0 Å². The first-order valence-corrected chi connectivity index (χ1v) is 8.13. The maximum Gasteiger partial charge on any atom is 0.0216 e. The molecule has 2 aliphatic carbocycles. The van der Waals surface area contributed by atoms with Gasteiger partial charge in [-0.15, -0.1) is 0 Å². The van der Waals surface area contributed by atoms with Crippen LogP contribution in [-0.4, -0.2) is 5.54 Å². The second-order valence-corrected chi connectivity index (χ2v) is 8.25. The van der Waals surface area contributed by atoms with Crippen LogP contribution < -0.4 is 5.73 Å². The largest absolute Gasteiger partial charge is 0.325 e. The molecule has 0 amide bonds. The third kappa shape index (κ3) is 2.76. The van der Waals surface area contributed by atoms with Crippen molar-refractivity contribution in [3.8, 4) is 0 Å². The van der Waals surface area contributed by atoms with Crippen molar-refractivity contribution in [2.24, 2.45) is 28.9 Å². The van der Waals surface area contributed by atoms with Crippen LogP contribution in [-0.2, 0) is 0 Å². The van der Waals surface area contributed by atoms with E-state index in [-0.39, 0.29) is 5.54 Å². The third-order valence-corrected chi connectivity index (χ3v) is 5.74. The van der Waals surface area contributed by atoms with Crippen molar-refractivity contribution in [2.45, 2.75) is 84.6 Å². The van der Waals surface area contributed by atoms with E-state index in [1.807, 2.05) is 0 Å². The molecule has 0 spiro atoms. The Morgan fingerprint density at radius 1 is 1.00 bits per heavy atom. The molecule has 2 saturated carbocycles. The van der Waals surface area contributed by atoms with Gasteiger partial charge >= 0.3 is 0 Å². The van der Waals surface area contributed by atoms with Crippen LogP contribution in [0.25, 0.3) is 0 Å². The normalized spacial score (nSPS) is 42.8. The van der Waals surface area contributed by atoms with Crippen LogP contribution in [0.3, 0.4) is 0 Å². The first-order chi connectivity index (χ1) is 8.34. The highest BCUT2D eigenvalue weighted by atomic mass is 14.8. The van der Waals surface area contributed by atoms with E-state index in [1.165, 1.54) is 51.4 Å². The van der Waals surface area contributed by atoms with Crippen molar-refractivity contribution < 1.29 is 0 Å². The van der Waals surface area contributed by atoms with Crippen molar-refractivity contribution in [2.75, 3.05) is 0 Å². The van der Waals surface area contributed by atoms with Crippen molar-refractivity contribution in [1.29, 1.82) is 0 Å². The predicted octanol–water partition coefficient (Wildman–Crippen LogP) is 4.75. The Balaban J connectivity index is 2.19. The molecule has 1 nitrogen and oxygen atoms in total. The van der Waals surface area contributed by atoms with E-state index in [2.05, 4.69) is 27.7 Å². The van der Waals surface area contributed by atoms with Crippen molar-refractivity contribution in [3.05, 3.63) is 0 Å². The average Bonchev–Trinajstić information content (AvgIpc) is 2.28. The number of rotatable bonds is 1. The number of hydrogen-bond donors (Lipinski definition) is 1. The van der Waals surface area contributed by atoms with Gasteiger partial charge in [0, 0.05) is 5.54 Å². The lowest BCUT2D eigenvalue weighted by atomic mass is 9.55. The fourth-order valence-electron chi connectivity index (χ4n) is 4.87. The van der Waals surface area contributed by atoms with Gasteiger partial charge in [-0.1, -0.05) is 53.4 Å². The minimum Gasteiger partial charge on any atom is -0.325 e. The molecule has 4 unspecified atom stereocenters. The van der Waals surface area contributed by atoms with E-state index in [0.717, 1.165) is 11.8 Å². The molecule has 1 heteroatoms. The summed E-state index contributed by atoms with van der Waals surface area (Å²) in [4.78, 5) is 0. The molecule has 0 aromatic carbocycles. The van der Waals surface area contributed by atoms with Gasteiger partial charge in [0.1, 0.15) is 0 Å². The lowest BCUT2D eigenvalue weighted by Crippen LogP contribution is -2.59. The second kappa shape index (κ2) is 5.15. The van der Waals surface area contributed by atoms with Crippen LogP contribution in [0.5, 0.6) is 0 Å². The quantitative estimate of drug-likeness (QED) is 0.715. The van der Waals surface area contributed by atoms with Gasteiger partial charge < -0.3 is 5.73 Å². The van der Waals surface area contributed by atoms with E-state index in [4.69, 9.17) is 5.73 Å². The molecule has 2 rings (SSSR count). The van der Waals surface area contributed by atoms with Gasteiger partial charge in [-0.05, 0) is 48.9 Å². The molecule has 2 aliphatic rings. The first kappa shape index (κ1) is 14.4. The number of nitrogens with two attached hydrogens (primary N) is 1. The summed E-state index contributed by atoms with van der Waals surface area (Å²) in [6, 6.07) is 0. The molecule has 106 valence electrons. The summed E-state index contributed by atoms with van der Waals surface area (Å²) in [5, 5.41) is 0. The smallest absolute Gasteiger partial charge is 0.0216 e. The molecule has 0 aromatic heterocycles. The summed E-state index contributed by atoms with van der Waals surface area (Å²) in [6.45, 7) is 9.62. The Bertz CT molecular complexity index is 278. The molecule has 2 N–H and O–H groups in total. The van der Waals surface area contributed by atoms with E-state index in [9.17, 15) is 0 Å². The first-order valence-electron chi connectivity index (χ1n) is 8.13. The molecule has 0 radical (unpaired) electrons. The maximum absolute atomic E-state index is 7.03.